The van der Waals surface area contributed by atoms with E-state index in [0.29, 0.717) is 0 Å². The summed E-state index contributed by atoms with van der Waals surface area (Å²) in [5.74, 6) is -6.56. The molecule has 4 rings (SSSR count). The van der Waals surface area contributed by atoms with Crippen LogP contribution in [0.15, 0.2) is 29.5 Å². The molecule has 0 saturated carbocycles. The number of halogens is 2. The van der Waals surface area contributed by atoms with Gasteiger partial charge in [0.2, 0.25) is 11.6 Å². The second-order valence-electron chi connectivity index (χ2n) is 8.02. The number of benzene rings is 2. The first kappa shape index (κ1) is 23.8. The Morgan fingerprint density at radius 1 is 1.19 bits per heavy atom. The van der Waals surface area contributed by atoms with Crippen LogP contribution < -0.4 is 5.73 Å². The lowest BCUT2D eigenvalue weighted by atomic mass is 9.61. The van der Waals surface area contributed by atoms with Gasteiger partial charge in [-0.25, -0.2) is 0 Å². The molecule has 9 nitrogen and oxygen atoms in total. The number of rotatable bonds is 2. The molecule has 0 aliphatic heterocycles. The van der Waals surface area contributed by atoms with Gasteiger partial charge in [0.15, 0.2) is 5.60 Å². The third-order valence-electron chi connectivity index (χ3n) is 6.13. The first-order chi connectivity index (χ1) is 14.4. The second kappa shape index (κ2) is 7.63. The smallest absolute Gasteiger partial charge is 0.255 e. The molecule has 0 saturated heterocycles. The van der Waals surface area contributed by atoms with Gasteiger partial charge in [-0.05, 0) is 44.3 Å². The minimum absolute atomic E-state index is 0. The fourth-order valence-electron chi connectivity index (χ4n) is 4.75. The summed E-state index contributed by atoms with van der Waals surface area (Å²) in [5.41, 5.74) is 1.55. The van der Waals surface area contributed by atoms with Crippen LogP contribution >= 0.6 is 24.0 Å². The molecule has 2 aromatic rings. The second-order valence-corrected chi connectivity index (χ2v) is 8.42. The summed E-state index contributed by atoms with van der Waals surface area (Å²) in [6.45, 7) is 0. The minimum Gasteiger partial charge on any atom is -0.510 e. The number of hydrogen-bond donors (Lipinski definition) is 5. The molecule has 2 aliphatic rings. The van der Waals surface area contributed by atoms with E-state index >= 15 is 0 Å². The number of phenols is 2. The maximum atomic E-state index is 13.5. The van der Waals surface area contributed by atoms with Crippen LogP contribution in [0, 0.1) is 5.92 Å². The van der Waals surface area contributed by atoms with Gasteiger partial charge in [-0.15, -0.1) is 12.4 Å². The van der Waals surface area contributed by atoms with Gasteiger partial charge in [0, 0.05) is 16.3 Å². The molecule has 3 atom stereocenters. The average Bonchev–Trinajstić information content (AvgIpc) is 2.67. The van der Waals surface area contributed by atoms with E-state index in [1.807, 2.05) is 0 Å². The summed E-state index contributed by atoms with van der Waals surface area (Å²) in [6, 6.07) is 3.07. The van der Waals surface area contributed by atoms with E-state index in [1.165, 1.54) is 23.1 Å². The minimum atomic E-state index is -2.75. The Bertz CT molecular complexity index is 1240. The molecule has 0 aromatic heterocycles. The molecule has 0 fully saturated rings. The first-order valence-corrected chi connectivity index (χ1v) is 9.68. The Kier molecular flexibility index (Phi) is 5.68. The van der Waals surface area contributed by atoms with Gasteiger partial charge in [-0.3, -0.25) is 19.3 Å². The van der Waals surface area contributed by atoms with Crippen molar-refractivity contribution in [2.45, 2.75) is 18.1 Å². The third-order valence-corrected chi connectivity index (χ3v) is 6.46. The lowest BCUT2D eigenvalue weighted by Crippen LogP contribution is -2.66. The molecule has 2 aliphatic carbocycles. The Morgan fingerprint density at radius 3 is 2.38 bits per heavy atom. The van der Waals surface area contributed by atoms with Crippen molar-refractivity contribution in [2.75, 3.05) is 14.1 Å². The number of amides is 1. The number of nitrogens with zero attached hydrogens (tertiary/aromatic N) is 1. The fraction of sp³-hybridized carbons (Fsp3) is 0.286. The number of Topliss-reactive ketones (excluding diaryl/α,β-unsaturated/α-hetero) is 2. The standard InChI is InChI=1S/C21H19ClN2O7.ClH/c1-24(2)15-9-6-7-5-8-10(22)3-4-11(25)13(8)16(26)12(7)18(28)21(9,31)19(29)14(17(15)27)20(23)30;/h3-5,9,15,25-27,31H,6H2,1-2H3,(H2,23,30);1H/t9-,15-,21-;/m0./s1. The number of nitrogens with two attached hydrogens (primary N) is 1. The highest BCUT2D eigenvalue weighted by Crippen LogP contribution is 2.49. The molecule has 11 heteroatoms. The van der Waals surface area contributed by atoms with Crippen molar-refractivity contribution in [3.05, 3.63) is 45.7 Å². The molecule has 0 radical (unpaired) electrons. The number of fused-ring (bicyclic) bond motifs is 3. The predicted octanol–water partition coefficient (Wildman–Crippen LogP) is 1.22. The summed E-state index contributed by atoms with van der Waals surface area (Å²) in [7, 11) is 3.09. The zero-order chi connectivity index (χ0) is 23.0. The zero-order valence-electron chi connectivity index (χ0n) is 16.9. The summed E-state index contributed by atoms with van der Waals surface area (Å²) < 4.78 is 0. The predicted molar refractivity (Wildman–Crippen MR) is 117 cm³/mol. The number of aliphatic hydroxyl groups excluding tert-OH is 1. The molecule has 0 spiro atoms. The van der Waals surface area contributed by atoms with Crippen LogP contribution in [0.1, 0.15) is 15.9 Å². The number of carbonyl (C=O) groups is 3. The van der Waals surface area contributed by atoms with E-state index in [0.717, 1.165) is 0 Å². The SMILES string of the molecule is CN(C)[C@@H]1C(O)=C(C(N)=O)C(=O)[C@@]2(O)C(=O)c3c(cc4c(Cl)ccc(O)c4c3O)C[C@@H]12.Cl. The van der Waals surface area contributed by atoms with Gasteiger partial charge in [-0.1, -0.05) is 11.6 Å². The van der Waals surface area contributed by atoms with Gasteiger partial charge in [0.1, 0.15) is 22.8 Å². The van der Waals surface area contributed by atoms with Crippen LogP contribution in [0.25, 0.3) is 10.8 Å². The van der Waals surface area contributed by atoms with E-state index < -0.39 is 52.1 Å². The van der Waals surface area contributed by atoms with Crippen LogP contribution in [-0.4, -0.2) is 68.5 Å². The van der Waals surface area contributed by atoms with Gasteiger partial charge >= 0.3 is 0 Å². The highest BCUT2D eigenvalue weighted by molar-refractivity contribution is 6.37. The van der Waals surface area contributed by atoms with Gasteiger partial charge in [0.25, 0.3) is 5.91 Å². The lowest BCUT2D eigenvalue weighted by molar-refractivity contribution is -0.140. The molecular formula is C21H20Cl2N2O7. The van der Waals surface area contributed by atoms with Gasteiger partial charge in [-0.2, -0.15) is 0 Å². The summed E-state index contributed by atoms with van der Waals surface area (Å²) in [5, 5.41) is 43.4. The number of carbonyl (C=O) groups excluding carboxylic acids is 3. The van der Waals surface area contributed by atoms with Gasteiger partial charge in [0.05, 0.1) is 17.0 Å². The fourth-order valence-corrected chi connectivity index (χ4v) is 4.97. The summed E-state index contributed by atoms with van der Waals surface area (Å²) >= 11 is 6.21. The molecule has 2 aromatic carbocycles. The van der Waals surface area contributed by atoms with Crippen molar-refractivity contribution in [3.8, 4) is 11.5 Å². The first-order valence-electron chi connectivity index (χ1n) is 9.30. The van der Waals surface area contributed by atoms with Crippen LogP contribution in [0.2, 0.25) is 5.02 Å². The van der Waals surface area contributed by atoms with E-state index in [2.05, 4.69) is 0 Å². The number of primary amides is 1. The van der Waals surface area contributed by atoms with Crippen molar-refractivity contribution in [1.29, 1.82) is 0 Å². The molecule has 0 bridgehead atoms. The third kappa shape index (κ3) is 2.89. The van der Waals surface area contributed by atoms with E-state index in [1.54, 1.807) is 14.1 Å². The quantitative estimate of drug-likeness (QED) is 0.315. The Morgan fingerprint density at radius 2 is 1.81 bits per heavy atom. The Balaban J connectivity index is 0.00000289. The highest BCUT2D eigenvalue weighted by Gasteiger charge is 2.63. The van der Waals surface area contributed by atoms with Crippen LogP contribution in [-0.2, 0) is 16.0 Å². The Hall–Kier alpha value is -2.85. The van der Waals surface area contributed by atoms with Crippen molar-refractivity contribution in [2.24, 2.45) is 11.7 Å². The van der Waals surface area contributed by atoms with Crippen molar-refractivity contribution in [1.82, 2.24) is 4.90 Å². The number of hydrogen-bond acceptors (Lipinski definition) is 8. The van der Waals surface area contributed by atoms with E-state index in [-0.39, 0.29) is 51.5 Å². The summed E-state index contributed by atoms with van der Waals surface area (Å²) in [4.78, 5) is 39.9. The van der Waals surface area contributed by atoms with E-state index in [9.17, 15) is 34.8 Å². The molecular weight excluding hydrogens is 463 g/mol. The molecule has 0 unspecified atom stereocenters. The van der Waals surface area contributed by atoms with Crippen LogP contribution in [0.4, 0.5) is 0 Å². The molecule has 6 N–H and O–H groups in total. The zero-order valence-corrected chi connectivity index (χ0v) is 18.5. The van der Waals surface area contributed by atoms with Crippen molar-refractivity contribution < 1.29 is 34.8 Å². The lowest BCUT2D eigenvalue weighted by Gasteiger charge is -2.47. The number of ketones is 2. The summed E-state index contributed by atoms with van der Waals surface area (Å²) in [6.07, 6.45) is -0.113. The van der Waals surface area contributed by atoms with Crippen LogP contribution in [0.3, 0.4) is 0 Å². The van der Waals surface area contributed by atoms with Crippen LogP contribution in [0.5, 0.6) is 11.5 Å². The maximum absolute atomic E-state index is 13.5. The molecule has 32 heavy (non-hydrogen) atoms. The molecule has 1 amide bonds. The maximum Gasteiger partial charge on any atom is 0.255 e. The largest absolute Gasteiger partial charge is 0.510 e. The number of aromatic hydroxyl groups is 2. The number of aliphatic hydroxyl groups is 2. The number of likely N-dealkylation sites (N-methyl/N-ethyl adjacent to an activating group) is 1. The normalized spacial score (nSPS) is 24.9. The van der Waals surface area contributed by atoms with Crippen molar-refractivity contribution in [3.63, 3.8) is 0 Å². The van der Waals surface area contributed by atoms with E-state index in [4.69, 9.17) is 17.3 Å². The average molecular weight is 483 g/mol. The monoisotopic (exact) mass is 482 g/mol. The van der Waals surface area contributed by atoms with Crippen molar-refractivity contribution >= 4 is 52.3 Å². The molecule has 0 heterocycles. The highest BCUT2D eigenvalue weighted by atomic mass is 35.5. The Labute approximate surface area is 193 Å². The number of phenolic OH excluding ortho intramolecular Hbond substituents is 2. The molecule has 170 valence electrons. The van der Waals surface area contributed by atoms with Gasteiger partial charge < -0.3 is 26.2 Å². The topological polar surface area (TPSA) is 161 Å².